The lowest BCUT2D eigenvalue weighted by atomic mass is 9.95. The van der Waals surface area contributed by atoms with E-state index in [1.165, 1.54) is 24.0 Å². The molecule has 0 spiro atoms. The summed E-state index contributed by atoms with van der Waals surface area (Å²) < 4.78 is 0. The third-order valence-corrected chi connectivity index (χ3v) is 4.47. The number of hydrogen-bond donors (Lipinski definition) is 1. The van der Waals surface area contributed by atoms with E-state index >= 15 is 0 Å². The fraction of sp³-hybridized carbons (Fsp3) is 0.368. The second-order valence-corrected chi connectivity index (χ2v) is 6.19. The van der Waals surface area contributed by atoms with Gasteiger partial charge in [-0.05, 0) is 62.7 Å². The molecule has 1 N–H and O–H groups in total. The molecule has 22 heavy (non-hydrogen) atoms. The largest absolute Gasteiger partial charge is 0.342 e. The first-order valence-electron chi connectivity index (χ1n) is 8.25. The van der Waals surface area contributed by atoms with Gasteiger partial charge in [-0.2, -0.15) is 0 Å². The van der Waals surface area contributed by atoms with Crippen molar-refractivity contribution in [3.05, 3.63) is 47.6 Å². The van der Waals surface area contributed by atoms with Crippen LogP contribution < -0.4 is 0 Å². The number of H-pyrrole nitrogens is 1. The van der Waals surface area contributed by atoms with Crippen LogP contribution in [0.4, 0.5) is 0 Å². The highest BCUT2D eigenvalue weighted by atomic mass is 14.9. The number of aromatic nitrogens is 3. The van der Waals surface area contributed by atoms with Gasteiger partial charge < -0.3 is 4.98 Å². The van der Waals surface area contributed by atoms with Crippen LogP contribution >= 0.6 is 0 Å². The van der Waals surface area contributed by atoms with Gasteiger partial charge in [0.1, 0.15) is 11.5 Å². The van der Waals surface area contributed by atoms with E-state index in [1.54, 1.807) is 0 Å². The summed E-state index contributed by atoms with van der Waals surface area (Å²) in [5, 5.41) is 0. The Bertz CT molecular complexity index is 761. The second kappa shape index (κ2) is 5.56. The Labute approximate surface area is 131 Å². The molecule has 0 aromatic carbocycles. The Hall–Kier alpha value is -2.16. The van der Waals surface area contributed by atoms with Gasteiger partial charge in [0.25, 0.3) is 0 Å². The van der Waals surface area contributed by atoms with Gasteiger partial charge in [-0.15, -0.1) is 0 Å². The predicted octanol–water partition coefficient (Wildman–Crippen LogP) is 4.91. The molecule has 112 valence electrons. The third kappa shape index (κ3) is 2.41. The molecule has 4 rings (SSSR count). The predicted molar refractivity (Wildman–Crippen MR) is 90.5 cm³/mol. The van der Waals surface area contributed by atoms with Crippen molar-refractivity contribution in [2.45, 2.75) is 45.4 Å². The minimum atomic E-state index is 0.959. The number of allylic oxidation sites excluding steroid dienone is 6. The van der Waals surface area contributed by atoms with Gasteiger partial charge in [0.2, 0.25) is 0 Å². The zero-order valence-corrected chi connectivity index (χ0v) is 13.0. The lowest BCUT2D eigenvalue weighted by Gasteiger charge is -2.15. The molecule has 0 radical (unpaired) electrons. The highest BCUT2D eigenvalue weighted by Gasteiger charge is 2.20. The van der Waals surface area contributed by atoms with Gasteiger partial charge in [0.15, 0.2) is 0 Å². The van der Waals surface area contributed by atoms with Crippen LogP contribution in [0, 0.1) is 6.92 Å². The molecule has 0 unspecified atom stereocenters. The molecular weight excluding hydrogens is 270 g/mol. The van der Waals surface area contributed by atoms with Gasteiger partial charge in [0, 0.05) is 0 Å². The number of aromatic amines is 1. The Morgan fingerprint density at radius 1 is 1.00 bits per heavy atom. The fourth-order valence-electron chi connectivity index (χ4n) is 3.37. The summed E-state index contributed by atoms with van der Waals surface area (Å²) in [4.78, 5) is 13.0. The van der Waals surface area contributed by atoms with Crippen LogP contribution in [0.1, 0.15) is 55.7 Å². The van der Waals surface area contributed by atoms with Crippen molar-refractivity contribution in [2.75, 3.05) is 0 Å². The van der Waals surface area contributed by atoms with Gasteiger partial charge in [-0.1, -0.05) is 24.3 Å². The van der Waals surface area contributed by atoms with Crippen LogP contribution in [0.3, 0.4) is 0 Å². The van der Waals surface area contributed by atoms with Gasteiger partial charge in [-0.3, -0.25) is 0 Å². The highest BCUT2D eigenvalue weighted by Crippen LogP contribution is 2.35. The van der Waals surface area contributed by atoms with Crippen molar-refractivity contribution in [2.24, 2.45) is 0 Å². The number of fused-ring (bicyclic) bond motifs is 1. The first-order valence-corrected chi connectivity index (χ1v) is 8.25. The number of aryl methyl sites for hydroxylation is 1. The van der Waals surface area contributed by atoms with E-state index in [4.69, 9.17) is 9.97 Å². The average Bonchev–Trinajstić information content (AvgIpc) is 2.99. The lowest BCUT2D eigenvalue weighted by Crippen LogP contribution is -2.02. The van der Waals surface area contributed by atoms with E-state index in [9.17, 15) is 0 Å². The molecule has 2 aliphatic heterocycles. The third-order valence-electron chi connectivity index (χ3n) is 4.47. The molecular formula is C19H21N3. The summed E-state index contributed by atoms with van der Waals surface area (Å²) in [6.07, 6.45) is 16.1. The molecule has 0 amide bonds. The second-order valence-electron chi connectivity index (χ2n) is 6.19. The Morgan fingerprint density at radius 3 is 2.73 bits per heavy atom. The van der Waals surface area contributed by atoms with E-state index in [-0.39, 0.29) is 0 Å². The Balaban J connectivity index is 1.84. The van der Waals surface area contributed by atoms with E-state index in [0.29, 0.717) is 0 Å². The average molecular weight is 291 g/mol. The van der Waals surface area contributed by atoms with Crippen LogP contribution in [0.5, 0.6) is 0 Å². The van der Waals surface area contributed by atoms with E-state index in [2.05, 4.69) is 35.4 Å². The summed E-state index contributed by atoms with van der Waals surface area (Å²) in [6, 6.07) is 2.17. The minimum absolute atomic E-state index is 0.959. The zero-order valence-electron chi connectivity index (χ0n) is 13.0. The van der Waals surface area contributed by atoms with Crippen LogP contribution in [0.2, 0.25) is 0 Å². The summed E-state index contributed by atoms with van der Waals surface area (Å²) in [7, 11) is 0. The summed E-state index contributed by atoms with van der Waals surface area (Å²) >= 11 is 0. The van der Waals surface area contributed by atoms with Gasteiger partial charge in [-0.25, -0.2) is 9.97 Å². The highest BCUT2D eigenvalue weighted by molar-refractivity contribution is 5.82. The normalized spacial score (nSPS) is 18.4. The van der Waals surface area contributed by atoms with E-state index in [1.807, 2.05) is 6.92 Å². The molecule has 0 saturated heterocycles. The molecule has 3 heteroatoms. The topological polar surface area (TPSA) is 41.6 Å². The molecule has 0 bridgehead atoms. The SMILES string of the molecule is Cc1nc(C2=CCCCC2)c2nc(C3=CCCC=C3)cc-2[nH]1. The number of hydrogen-bond acceptors (Lipinski definition) is 2. The fourth-order valence-corrected chi connectivity index (χ4v) is 3.37. The van der Waals surface area contributed by atoms with Crippen molar-refractivity contribution in [3.8, 4) is 11.4 Å². The van der Waals surface area contributed by atoms with Crippen molar-refractivity contribution in [1.29, 1.82) is 0 Å². The minimum Gasteiger partial charge on any atom is -0.342 e. The summed E-state index contributed by atoms with van der Waals surface area (Å²) in [6.45, 7) is 2.03. The van der Waals surface area contributed by atoms with Crippen molar-refractivity contribution in [3.63, 3.8) is 0 Å². The molecule has 0 saturated carbocycles. The maximum Gasteiger partial charge on any atom is 0.113 e. The monoisotopic (exact) mass is 291 g/mol. The smallest absolute Gasteiger partial charge is 0.113 e. The summed E-state index contributed by atoms with van der Waals surface area (Å²) in [5.74, 6) is 0.959. The molecule has 0 aromatic rings. The molecule has 4 aliphatic rings. The van der Waals surface area contributed by atoms with Crippen LogP contribution in [-0.2, 0) is 0 Å². The maximum absolute atomic E-state index is 4.90. The lowest BCUT2D eigenvalue weighted by molar-refractivity contribution is 0.739. The number of rotatable bonds is 2. The van der Waals surface area contributed by atoms with E-state index in [0.717, 1.165) is 54.3 Å². The molecule has 2 aliphatic carbocycles. The van der Waals surface area contributed by atoms with Crippen LogP contribution in [0.15, 0.2) is 30.4 Å². The molecule has 0 aromatic heterocycles. The standard InChI is InChI=1S/C19H21N3/c1-13-20-17-12-16(14-8-4-2-5-9-14)22-19(17)18(21-13)15-10-6-3-7-11-15/h4,8-10,12H,2-3,5-7,11H2,1H3,(H,20,21). The van der Waals surface area contributed by atoms with Gasteiger partial charge >= 0.3 is 0 Å². The van der Waals surface area contributed by atoms with Crippen molar-refractivity contribution < 1.29 is 0 Å². The quantitative estimate of drug-likeness (QED) is 0.854. The van der Waals surface area contributed by atoms with Gasteiger partial charge in [0.05, 0.1) is 17.1 Å². The Morgan fingerprint density at radius 2 is 1.95 bits per heavy atom. The molecule has 0 atom stereocenters. The van der Waals surface area contributed by atoms with Crippen LogP contribution in [-0.4, -0.2) is 15.0 Å². The Kier molecular flexibility index (Phi) is 3.41. The first kappa shape index (κ1) is 13.5. The molecule has 3 nitrogen and oxygen atoms in total. The molecule has 2 heterocycles. The first-order chi connectivity index (χ1) is 10.8. The summed E-state index contributed by atoms with van der Waals surface area (Å²) in [5.41, 5.74) is 6.87. The number of nitrogens with one attached hydrogen (secondary N) is 1. The van der Waals surface area contributed by atoms with Crippen molar-refractivity contribution >= 4 is 11.1 Å². The molecule has 0 fully saturated rings. The number of nitrogens with zero attached hydrogens (tertiary/aromatic N) is 2. The van der Waals surface area contributed by atoms with Crippen LogP contribution in [0.25, 0.3) is 22.5 Å². The maximum atomic E-state index is 4.90. The van der Waals surface area contributed by atoms with Crippen molar-refractivity contribution in [1.82, 2.24) is 15.0 Å². The van der Waals surface area contributed by atoms with E-state index < -0.39 is 0 Å². The zero-order chi connectivity index (χ0) is 14.9.